The lowest BCUT2D eigenvalue weighted by Gasteiger charge is -2.13. The second kappa shape index (κ2) is 9.54. The number of pyridine rings is 1. The van der Waals surface area contributed by atoms with Crippen LogP contribution in [0.25, 0.3) is 11.7 Å². The molecule has 0 aliphatic carbocycles. The standard InChI is InChI=1S/C21H26N4O2S2/c1-4-6-7-11-25-20(27)16(29-21(25)28)13-15-17(22-10-5-2)23-18-14(3)9-8-12-24(18)19(15)26/h8-9,12-13,22H,4-7,10-11H2,1-3H3. The lowest BCUT2D eigenvalue weighted by atomic mass is 10.2. The zero-order chi connectivity index (χ0) is 21.0. The number of unbranched alkanes of at least 4 members (excludes halogenated alkanes) is 2. The molecule has 2 aromatic rings. The van der Waals surface area contributed by atoms with E-state index < -0.39 is 0 Å². The SMILES string of the molecule is CCCCCN1C(=O)C(=Cc2c(NCCC)nc3c(C)cccn3c2=O)SC1=S. The van der Waals surface area contributed by atoms with Gasteiger partial charge in [-0.05, 0) is 37.5 Å². The number of thioether (sulfide) groups is 1. The van der Waals surface area contributed by atoms with E-state index in [9.17, 15) is 9.59 Å². The first-order valence-corrected chi connectivity index (χ1v) is 11.2. The molecule has 154 valence electrons. The van der Waals surface area contributed by atoms with E-state index in [1.807, 2.05) is 26.0 Å². The van der Waals surface area contributed by atoms with Gasteiger partial charge in [-0.3, -0.25) is 18.9 Å². The van der Waals surface area contributed by atoms with Crippen molar-refractivity contribution in [2.75, 3.05) is 18.4 Å². The zero-order valence-corrected chi connectivity index (χ0v) is 18.7. The van der Waals surface area contributed by atoms with Crippen molar-refractivity contribution in [2.45, 2.75) is 46.5 Å². The van der Waals surface area contributed by atoms with E-state index in [4.69, 9.17) is 12.2 Å². The van der Waals surface area contributed by atoms with Gasteiger partial charge >= 0.3 is 0 Å². The molecular formula is C21H26N4O2S2. The Kier molecular flexibility index (Phi) is 7.08. The fourth-order valence-electron chi connectivity index (χ4n) is 3.16. The second-order valence-electron chi connectivity index (χ2n) is 7.03. The number of aryl methyl sites for hydroxylation is 1. The summed E-state index contributed by atoms with van der Waals surface area (Å²) in [6, 6.07) is 3.74. The summed E-state index contributed by atoms with van der Waals surface area (Å²) in [4.78, 5) is 32.9. The number of hydrogen-bond donors (Lipinski definition) is 1. The Morgan fingerprint density at radius 2 is 2.03 bits per heavy atom. The summed E-state index contributed by atoms with van der Waals surface area (Å²) in [7, 11) is 0. The molecule has 1 aliphatic heterocycles. The number of amides is 1. The van der Waals surface area contributed by atoms with Gasteiger partial charge in [-0.15, -0.1) is 0 Å². The predicted octanol–water partition coefficient (Wildman–Crippen LogP) is 4.22. The summed E-state index contributed by atoms with van der Waals surface area (Å²) in [6.45, 7) is 7.40. The van der Waals surface area contributed by atoms with Crippen LogP contribution < -0.4 is 10.9 Å². The smallest absolute Gasteiger partial charge is 0.267 e. The molecule has 0 saturated carbocycles. The van der Waals surface area contributed by atoms with Crippen LogP contribution in [-0.4, -0.2) is 37.6 Å². The van der Waals surface area contributed by atoms with Gasteiger partial charge < -0.3 is 5.32 Å². The Balaban J connectivity index is 2.04. The topological polar surface area (TPSA) is 66.7 Å². The van der Waals surface area contributed by atoms with Gasteiger partial charge in [-0.1, -0.05) is 56.7 Å². The molecule has 0 spiro atoms. The molecule has 3 heterocycles. The van der Waals surface area contributed by atoms with Crippen molar-refractivity contribution in [2.24, 2.45) is 0 Å². The number of thiocarbonyl (C=S) groups is 1. The van der Waals surface area contributed by atoms with Crippen molar-refractivity contribution in [1.82, 2.24) is 14.3 Å². The zero-order valence-electron chi connectivity index (χ0n) is 17.0. The molecule has 0 unspecified atom stereocenters. The molecule has 1 N–H and O–H groups in total. The first-order chi connectivity index (χ1) is 14.0. The average molecular weight is 431 g/mol. The molecule has 0 aromatic carbocycles. The van der Waals surface area contributed by atoms with Gasteiger partial charge in [-0.2, -0.15) is 0 Å². The van der Waals surface area contributed by atoms with E-state index in [0.29, 0.717) is 39.3 Å². The highest BCUT2D eigenvalue weighted by Crippen LogP contribution is 2.33. The number of carbonyl (C=O) groups is 1. The lowest BCUT2D eigenvalue weighted by Crippen LogP contribution is -2.29. The van der Waals surface area contributed by atoms with Gasteiger partial charge in [0.2, 0.25) is 0 Å². The van der Waals surface area contributed by atoms with Crippen LogP contribution in [0.1, 0.15) is 50.7 Å². The van der Waals surface area contributed by atoms with Crippen molar-refractivity contribution in [1.29, 1.82) is 0 Å². The molecular weight excluding hydrogens is 404 g/mol. The molecule has 1 aliphatic rings. The Labute approximate surface area is 180 Å². The third kappa shape index (κ3) is 4.53. The van der Waals surface area contributed by atoms with Gasteiger partial charge in [0.25, 0.3) is 11.5 Å². The van der Waals surface area contributed by atoms with Crippen molar-refractivity contribution in [3.63, 3.8) is 0 Å². The summed E-state index contributed by atoms with van der Waals surface area (Å²) in [5, 5.41) is 3.24. The molecule has 0 atom stereocenters. The van der Waals surface area contributed by atoms with Crippen molar-refractivity contribution < 1.29 is 4.79 Å². The maximum absolute atomic E-state index is 13.2. The summed E-state index contributed by atoms with van der Waals surface area (Å²) >= 11 is 6.65. The molecule has 1 fully saturated rings. The van der Waals surface area contributed by atoms with E-state index in [1.165, 1.54) is 16.2 Å². The van der Waals surface area contributed by atoms with E-state index in [0.717, 1.165) is 31.2 Å². The van der Waals surface area contributed by atoms with Crippen molar-refractivity contribution in [3.05, 3.63) is 44.7 Å². The first-order valence-electron chi connectivity index (χ1n) is 9.99. The minimum atomic E-state index is -0.200. The fraction of sp³-hybridized carbons (Fsp3) is 0.429. The van der Waals surface area contributed by atoms with Crippen LogP contribution >= 0.6 is 24.0 Å². The van der Waals surface area contributed by atoms with Crippen LogP contribution in [0, 0.1) is 6.92 Å². The van der Waals surface area contributed by atoms with Crippen LogP contribution in [0.3, 0.4) is 0 Å². The Bertz CT molecular complexity index is 1030. The molecule has 2 aromatic heterocycles. The Hall–Kier alpha value is -2.19. The molecule has 3 rings (SSSR count). The van der Waals surface area contributed by atoms with Gasteiger partial charge in [0, 0.05) is 19.3 Å². The first kappa shape index (κ1) is 21.5. The normalized spacial score (nSPS) is 15.7. The highest BCUT2D eigenvalue weighted by molar-refractivity contribution is 8.26. The minimum Gasteiger partial charge on any atom is -0.369 e. The fourth-order valence-corrected chi connectivity index (χ4v) is 4.45. The van der Waals surface area contributed by atoms with Gasteiger partial charge in [0.05, 0.1) is 10.5 Å². The highest BCUT2D eigenvalue weighted by atomic mass is 32.2. The van der Waals surface area contributed by atoms with Crippen LogP contribution in [0.5, 0.6) is 0 Å². The third-order valence-electron chi connectivity index (χ3n) is 4.76. The van der Waals surface area contributed by atoms with Gasteiger partial charge in [-0.25, -0.2) is 4.98 Å². The molecule has 8 heteroatoms. The molecule has 6 nitrogen and oxygen atoms in total. The van der Waals surface area contributed by atoms with Crippen LogP contribution in [0.15, 0.2) is 28.0 Å². The predicted molar refractivity (Wildman–Crippen MR) is 124 cm³/mol. The third-order valence-corrected chi connectivity index (χ3v) is 6.14. The molecule has 1 saturated heterocycles. The maximum Gasteiger partial charge on any atom is 0.267 e. The second-order valence-corrected chi connectivity index (χ2v) is 8.71. The molecule has 0 radical (unpaired) electrons. The number of carbonyl (C=O) groups excluding carboxylic acids is 1. The number of aromatic nitrogens is 2. The Morgan fingerprint density at radius 1 is 1.24 bits per heavy atom. The average Bonchev–Trinajstić information content (AvgIpc) is 2.97. The number of rotatable bonds is 8. The maximum atomic E-state index is 13.2. The van der Waals surface area contributed by atoms with Gasteiger partial charge in [0.15, 0.2) is 0 Å². The van der Waals surface area contributed by atoms with Crippen molar-refractivity contribution in [3.8, 4) is 0 Å². The summed E-state index contributed by atoms with van der Waals surface area (Å²) in [5.41, 5.74) is 1.71. The lowest BCUT2D eigenvalue weighted by molar-refractivity contribution is -0.122. The number of hydrogen-bond acceptors (Lipinski definition) is 6. The highest BCUT2D eigenvalue weighted by Gasteiger charge is 2.32. The summed E-state index contributed by atoms with van der Waals surface area (Å²) in [5.74, 6) is 0.369. The number of fused-ring (bicyclic) bond motifs is 1. The molecule has 0 bridgehead atoms. The monoisotopic (exact) mass is 430 g/mol. The minimum absolute atomic E-state index is 0.133. The van der Waals surface area contributed by atoms with Crippen molar-refractivity contribution >= 4 is 51.7 Å². The van der Waals surface area contributed by atoms with E-state index in [-0.39, 0.29) is 11.5 Å². The van der Waals surface area contributed by atoms with E-state index in [1.54, 1.807) is 17.2 Å². The molecule has 1 amide bonds. The Morgan fingerprint density at radius 3 is 2.76 bits per heavy atom. The van der Waals surface area contributed by atoms with E-state index in [2.05, 4.69) is 17.2 Å². The number of anilines is 1. The van der Waals surface area contributed by atoms with Crippen LogP contribution in [0.4, 0.5) is 5.82 Å². The van der Waals surface area contributed by atoms with Crippen LogP contribution in [-0.2, 0) is 4.79 Å². The quantitative estimate of drug-likeness (QED) is 0.384. The van der Waals surface area contributed by atoms with Crippen LogP contribution in [0.2, 0.25) is 0 Å². The van der Waals surface area contributed by atoms with E-state index >= 15 is 0 Å². The summed E-state index contributed by atoms with van der Waals surface area (Å²) in [6.07, 6.45) is 7.29. The molecule has 29 heavy (non-hydrogen) atoms. The number of nitrogens with one attached hydrogen (secondary N) is 1. The number of nitrogens with zero attached hydrogens (tertiary/aromatic N) is 3. The van der Waals surface area contributed by atoms with Gasteiger partial charge in [0.1, 0.15) is 15.8 Å². The largest absolute Gasteiger partial charge is 0.369 e. The summed E-state index contributed by atoms with van der Waals surface area (Å²) < 4.78 is 2.07.